The second kappa shape index (κ2) is 4.58. The fourth-order valence-corrected chi connectivity index (χ4v) is 1.90. The topological polar surface area (TPSA) is 81.6 Å². The molecule has 0 amide bonds. The summed E-state index contributed by atoms with van der Waals surface area (Å²) >= 11 is 0. The van der Waals surface area contributed by atoms with E-state index >= 15 is 0 Å². The summed E-state index contributed by atoms with van der Waals surface area (Å²) in [5.41, 5.74) is 7.82. The first-order chi connectivity index (χ1) is 8.09. The van der Waals surface area contributed by atoms with Crippen LogP contribution in [-0.4, -0.2) is 31.2 Å². The summed E-state index contributed by atoms with van der Waals surface area (Å²) in [7, 11) is 0. The predicted molar refractivity (Wildman–Crippen MR) is 65.3 cm³/mol. The summed E-state index contributed by atoms with van der Waals surface area (Å²) in [5, 5.41) is 11.0. The summed E-state index contributed by atoms with van der Waals surface area (Å²) in [5.74, 6) is 0. The third kappa shape index (κ3) is 2.31. The van der Waals surface area contributed by atoms with Crippen molar-refractivity contribution in [1.29, 1.82) is 0 Å². The number of nitro benzene ring substituents is 1. The number of nitrogens with two attached hydrogens (primary N) is 1. The standard InChI is InChI=1S/C11H15N3O3/c1-8-6-11(14(15)16)10(7-9(8)12)13-2-4-17-5-3-13/h6-7H,2-5,12H2,1H3. The maximum absolute atomic E-state index is 11.0. The molecule has 1 aliphatic rings. The molecule has 0 unspecified atom stereocenters. The van der Waals surface area contributed by atoms with Crippen LogP contribution < -0.4 is 10.6 Å². The van der Waals surface area contributed by atoms with Crippen molar-refractivity contribution in [3.05, 3.63) is 27.8 Å². The van der Waals surface area contributed by atoms with Gasteiger partial charge in [0.15, 0.2) is 0 Å². The number of nitro groups is 1. The molecule has 92 valence electrons. The van der Waals surface area contributed by atoms with Gasteiger partial charge in [0.2, 0.25) is 0 Å². The molecule has 6 nitrogen and oxygen atoms in total. The Labute approximate surface area is 99.1 Å². The molecule has 6 heteroatoms. The van der Waals surface area contributed by atoms with E-state index in [1.807, 2.05) is 4.90 Å². The van der Waals surface area contributed by atoms with Crippen LogP contribution in [0.1, 0.15) is 5.56 Å². The fraction of sp³-hybridized carbons (Fsp3) is 0.455. The van der Waals surface area contributed by atoms with Crippen LogP contribution in [0.25, 0.3) is 0 Å². The Bertz CT molecular complexity index is 442. The fourth-order valence-electron chi connectivity index (χ4n) is 1.90. The Kier molecular flexibility index (Phi) is 3.14. The largest absolute Gasteiger partial charge is 0.398 e. The van der Waals surface area contributed by atoms with Gasteiger partial charge in [-0.3, -0.25) is 10.1 Å². The van der Waals surface area contributed by atoms with E-state index in [-0.39, 0.29) is 10.6 Å². The average Bonchev–Trinajstić information content (AvgIpc) is 2.33. The molecule has 0 aliphatic carbocycles. The van der Waals surface area contributed by atoms with Gasteiger partial charge >= 0.3 is 0 Å². The minimum atomic E-state index is -0.364. The van der Waals surface area contributed by atoms with Crippen molar-refractivity contribution in [3.8, 4) is 0 Å². The van der Waals surface area contributed by atoms with Crippen LogP contribution in [0.4, 0.5) is 17.1 Å². The molecule has 0 radical (unpaired) electrons. The van der Waals surface area contributed by atoms with E-state index in [0.29, 0.717) is 37.7 Å². The van der Waals surface area contributed by atoms with Crippen molar-refractivity contribution < 1.29 is 9.66 Å². The molecule has 1 saturated heterocycles. The maximum atomic E-state index is 11.0. The molecular weight excluding hydrogens is 222 g/mol. The summed E-state index contributed by atoms with van der Waals surface area (Å²) in [6.07, 6.45) is 0. The van der Waals surface area contributed by atoms with Gasteiger partial charge < -0.3 is 15.4 Å². The van der Waals surface area contributed by atoms with Gasteiger partial charge in [-0.25, -0.2) is 0 Å². The first-order valence-corrected chi connectivity index (χ1v) is 5.47. The summed E-state index contributed by atoms with van der Waals surface area (Å²) in [6.45, 7) is 4.26. The lowest BCUT2D eigenvalue weighted by atomic mass is 10.1. The number of rotatable bonds is 2. The van der Waals surface area contributed by atoms with Gasteiger partial charge in [0.05, 0.1) is 18.1 Å². The zero-order chi connectivity index (χ0) is 12.4. The lowest BCUT2D eigenvalue weighted by Gasteiger charge is -2.28. The van der Waals surface area contributed by atoms with Gasteiger partial charge in [0.1, 0.15) is 5.69 Å². The van der Waals surface area contributed by atoms with Crippen molar-refractivity contribution in [2.75, 3.05) is 36.9 Å². The Hall–Kier alpha value is -1.82. The number of nitrogen functional groups attached to an aromatic ring is 1. The third-order valence-corrected chi connectivity index (χ3v) is 2.91. The molecule has 0 saturated carbocycles. The number of hydrogen-bond donors (Lipinski definition) is 1. The van der Waals surface area contributed by atoms with E-state index in [2.05, 4.69) is 0 Å². The Morgan fingerprint density at radius 2 is 2.06 bits per heavy atom. The number of hydrogen-bond acceptors (Lipinski definition) is 5. The molecular formula is C11H15N3O3. The van der Waals surface area contributed by atoms with Crippen molar-refractivity contribution in [2.24, 2.45) is 0 Å². The van der Waals surface area contributed by atoms with E-state index in [1.54, 1.807) is 13.0 Å². The Balaban J connectivity index is 2.42. The first-order valence-electron chi connectivity index (χ1n) is 5.47. The number of aryl methyl sites for hydroxylation is 1. The SMILES string of the molecule is Cc1cc([N+](=O)[O-])c(N2CCOCC2)cc1N. The number of morpholine rings is 1. The lowest BCUT2D eigenvalue weighted by molar-refractivity contribution is -0.384. The lowest BCUT2D eigenvalue weighted by Crippen LogP contribution is -2.36. The molecule has 1 heterocycles. The summed E-state index contributed by atoms with van der Waals surface area (Å²) in [6, 6.07) is 3.21. The molecule has 2 rings (SSSR count). The van der Waals surface area contributed by atoms with E-state index < -0.39 is 0 Å². The summed E-state index contributed by atoms with van der Waals surface area (Å²) in [4.78, 5) is 12.6. The first kappa shape index (κ1) is 11.7. The third-order valence-electron chi connectivity index (χ3n) is 2.91. The van der Waals surface area contributed by atoms with Gasteiger partial charge in [-0.2, -0.15) is 0 Å². The van der Waals surface area contributed by atoms with Gasteiger partial charge in [-0.1, -0.05) is 0 Å². The van der Waals surface area contributed by atoms with E-state index in [4.69, 9.17) is 10.5 Å². The van der Waals surface area contributed by atoms with Crippen molar-refractivity contribution in [3.63, 3.8) is 0 Å². The average molecular weight is 237 g/mol. The second-order valence-electron chi connectivity index (χ2n) is 4.05. The molecule has 1 aromatic rings. The molecule has 1 fully saturated rings. The molecule has 0 spiro atoms. The smallest absolute Gasteiger partial charge is 0.292 e. The zero-order valence-corrected chi connectivity index (χ0v) is 9.68. The highest BCUT2D eigenvalue weighted by molar-refractivity contribution is 5.71. The quantitative estimate of drug-likeness (QED) is 0.476. The van der Waals surface area contributed by atoms with Crippen LogP contribution in [0, 0.1) is 17.0 Å². The van der Waals surface area contributed by atoms with Gasteiger partial charge in [0.25, 0.3) is 5.69 Å². The van der Waals surface area contributed by atoms with Crippen LogP contribution in [-0.2, 0) is 4.74 Å². The van der Waals surface area contributed by atoms with Gasteiger partial charge in [-0.15, -0.1) is 0 Å². The van der Waals surface area contributed by atoms with Gasteiger partial charge in [-0.05, 0) is 18.6 Å². The van der Waals surface area contributed by atoms with Crippen molar-refractivity contribution in [2.45, 2.75) is 6.92 Å². The highest BCUT2D eigenvalue weighted by Gasteiger charge is 2.22. The van der Waals surface area contributed by atoms with Crippen LogP contribution in [0.3, 0.4) is 0 Å². The number of ether oxygens (including phenoxy) is 1. The highest BCUT2D eigenvalue weighted by Crippen LogP contribution is 2.32. The Morgan fingerprint density at radius 3 is 2.65 bits per heavy atom. The number of benzene rings is 1. The minimum absolute atomic E-state index is 0.110. The van der Waals surface area contributed by atoms with Gasteiger partial charge in [0, 0.05) is 24.8 Å². The van der Waals surface area contributed by atoms with Crippen molar-refractivity contribution >= 4 is 17.1 Å². The molecule has 17 heavy (non-hydrogen) atoms. The molecule has 0 aromatic heterocycles. The predicted octanol–water partition coefficient (Wildman–Crippen LogP) is 1.32. The van der Waals surface area contributed by atoms with E-state index in [9.17, 15) is 10.1 Å². The van der Waals surface area contributed by atoms with Crippen LogP contribution in [0.5, 0.6) is 0 Å². The van der Waals surface area contributed by atoms with Crippen molar-refractivity contribution in [1.82, 2.24) is 0 Å². The maximum Gasteiger partial charge on any atom is 0.292 e. The Morgan fingerprint density at radius 1 is 1.41 bits per heavy atom. The minimum Gasteiger partial charge on any atom is -0.398 e. The van der Waals surface area contributed by atoms with Crippen LogP contribution in [0.15, 0.2) is 12.1 Å². The number of nitrogens with zero attached hydrogens (tertiary/aromatic N) is 2. The molecule has 1 aliphatic heterocycles. The molecule has 2 N–H and O–H groups in total. The molecule has 0 atom stereocenters. The van der Waals surface area contributed by atoms with E-state index in [0.717, 1.165) is 5.56 Å². The second-order valence-corrected chi connectivity index (χ2v) is 4.05. The molecule has 1 aromatic carbocycles. The monoisotopic (exact) mass is 237 g/mol. The number of anilines is 2. The van der Waals surface area contributed by atoms with Crippen LogP contribution in [0.2, 0.25) is 0 Å². The summed E-state index contributed by atoms with van der Waals surface area (Å²) < 4.78 is 5.23. The highest BCUT2D eigenvalue weighted by atomic mass is 16.6. The van der Waals surface area contributed by atoms with Crippen LogP contribution >= 0.6 is 0 Å². The normalized spacial score (nSPS) is 15.9. The zero-order valence-electron chi connectivity index (χ0n) is 9.68. The van der Waals surface area contributed by atoms with E-state index in [1.165, 1.54) is 6.07 Å². The molecule has 0 bridgehead atoms.